The zero-order chi connectivity index (χ0) is 55.5. The molecule has 80 heavy (non-hydrogen) atoms. The van der Waals surface area contributed by atoms with Gasteiger partial charge in [-0.15, -0.1) is 43.8 Å². The van der Waals surface area contributed by atoms with Crippen molar-refractivity contribution in [3.8, 4) is 39.5 Å². The molecular weight excluding hydrogens is 1000 g/mol. The lowest BCUT2D eigenvalue weighted by atomic mass is 9.86. The number of aromatic nitrogens is 6. The molecule has 0 radical (unpaired) electrons. The van der Waals surface area contributed by atoms with Gasteiger partial charge in [0.05, 0.1) is 0 Å². The van der Waals surface area contributed by atoms with E-state index in [9.17, 15) is 13.2 Å². The number of para-hydroxylation sites is 1. The van der Waals surface area contributed by atoms with Crippen LogP contribution in [0.1, 0.15) is 38.8 Å². The highest BCUT2D eigenvalue weighted by Crippen LogP contribution is 2.37. The first kappa shape index (κ1) is 53.4. The second-order valence-electron chi connectivity index (χ2n) is 19.7. The zero-order valence-corrected chi connectivity index (χ0v) is 44.4. The van der Waals surface area contributed by atoms with E-state index in [4.69, 9.17) is 0 Å². The van der Waals surface area contributed by atoms with Gasteiger partial charge in [0.25, 0.3) is 0 Å². The SMILES string of the molecule is CC(C)(C)c1ccccc1Nc1nnc(-c2ccccc2)c2ccccc12.CCc1cccc(Nc2nnc(-c3ccccc3)c3ccccc23)c1.FC(F)(F)Oc1cccc(Nc2nnc(-c3ccccc3)c3ccccc23)c1. The van der Waals surface area contributed by atoms with E-state index in [0.717, 1.165) is 95.5 Å². The first-order valence-corrected chi connectivity index (χ1v) is 26.2. The van der Waals surface area contributed by atoms with Gasteiger partial charge < -0.3 is 20.7 Å². The molecule has 12 aromatic rings. The number of anilines is 6. The lowest BCUT2D eigenvalue weighted by Crippen LogP contribution is -2.17. The summed E-state index contributed by atoms with van der Waals surface area (Å²) in [5.41, 5.74) is 10.7. The summed E-state index contributed by atoms with van der Waals surface area (Å²) >= 11 is 0. The molecule has 0 fully saturated rings. The highest BCUT2D eigenvalue weighted by Gasteiger charge is 2.31. The Bertz CT molecular complexity index is 4040. The van der Waals surface area contributed by atoms with Crippen molar-refractivity contribution in [2.24, 2.45) is 0 Å². The van der Waals surface area contributed by atoms with Gasteiger partial charge in [-0.1, -0.05) is 228 Å². The Morgan fingerprint density at radius 3 is 1.18 bits per heavy atom. The van der Waals surface area contributed by atoms with Gasteiger partial charge in [0, 0.05) is 72.1 Å². The maximum Gasteiger partial charge on any atom is 0.573 e. The lowest BCUT2D eigenvalue weighted by molar-refractivity contribution is -0.274. The molecule has 0 saturated heterocycles. The van der Waals surface area contributed by atoms with Crippen LogP contribution in [0.15, 0.2) is 237 Å². The van der Waals surface area contributed by atoms with Crippen molar-refractivity contribution in [2.75, 3.05) is 16.0 Å². The molecule has 0 amide bonds. The summed E-state index contributed by atoms with van der Waals surface area (Å²) in [7, 11) is 0. The summed E-state index contributed by atoms with van der Waals surface area (Å²) in [6.45, 7) is 8.81. The Hall–Kier alpha value is -10.0. The number of nitrogens with zero attached hydrogens (tertiary/aromatic N) is 6. The maximum absolute atomic E-state index is 12.4. The second-order valence-corrected chi connectivity index (χ2v) is 19.7. The Morgan fingerprint density at radius 2 is 0.750 bits per heavy atom. The molecule has 396 valence electrons. The first-order chi connectivity index (χ1) is 38.9. The van der Waals surface area contributed by atoms with Crippen LogP contribution in [0, 0.1) is 0 Å². The van der Waals surface area contributed by atoms with Gasteiger partial charge in [0.1, 0.15) is 22.8 Å². The molecule has 3 N–H and O–H groups in total. The standard InChI is InChI=1S/C24H23N3.C22H19N3.C21H14F3N3O/c1-24(2,3)20-15-9-10-16-21(20)25-23-19-14-8-7-13-18(19)22(26-27-23)17-11-5-4-6-12-17;1-2-16-9-8-12-18(15-16)23-22-20-14-7-6-13-19(20)21(24-25-22)17-10-4-3-5-11-17;22-21(23,24)28-16-10-6-9-15(13-16)25-20-18-12-5-4-11-17(18)19(26-27-20)14-7-2-1-3-8-14/h4-16H,1-3H3,(H,25,27);3-15H,2H2,1H3,(H,23,25);1-13H,(H,25,27). The molecule has 12 rings (SSSR count). The molecule has 13 heteroatoms. The largest absolute Gasteiger partial charge is 0.573 e. The summed E-state index contributed by atoms with van der Waals surface area (Å²) in [6, 6.07) is 76.6. The van der Waals surface area contributed by atoms with Gasteiger partial charge in [-0.3, -0.25) is 0 Å². The topological polar surface area (TPSA) is 123 Å². The van der Waals surface area contributed by atoms with Crippen molar-refractivity contribution in [1.29, 1.82) is 0 Å². The normalized spacial score (nSPS) is 11.2. The number of ether oxygens (including phenoxy) is 1. The van der Waals surface area contributed by atoms with Crippen LogP contribution in [0.25, 0.3) is 66.1 Å². The number of hydrogen-bond acceptors (Lipinski definition) is 10. The van der Waals surface area contributed by atoms with E-state index in [1.165, 1.54) is 29.3 Å². The van der Waals surface area contributed by atoms with Crippen LogP contribution < -0.4 is 20.7 Å². The first-order valence-electron chi connectivity index (χ1n) is 26.2. The number of aryl methyl sites for hydroxylation is 1. The molecule has 3 heterocycles. The molecule has 0 aliphatic carbocycles. The number of rotatable bonds is 11. The number of benzene rings is 9. The van der Waals surface area contributed by atoms with Crippen LogP contribution in [0.4, 0.5) is 47.7 Å². The van der Waals surface area contributed by atoms with Gasteiger partial charge in [-0.25, -0.2) is 0 Å². The predicted molar refractivity (Wildman–Crippen MR) is 319 cm³/mol. The third-order valence-electron chi connectivity index (χ3n) is 13.1. The summed E-state index contributed by atoms with van der Waals surface area (Å²) < 4.78 is 41.3. The molecule has 0 aliphatic heterocycles. The maximum atomic E-state index is 12.4. The van der Waals surface area contributed by atoms with Crippen LogP contribution in [0.2, 0.25) is 0 Å². The van der Waals surface area contributed by atoms with Gasteiger partial charge >= 0.3 is 6.36 Å². The number of halogens is 3. The quantitative estimate of drug-likeness (QED) is 0.115. The van der Waals surface area contributed by atoms with Crippen molar-refractivity contribution in [1.82, 2.24) is 30.6 Å². The van der Waals surface area contributed by atoms with Gasteiger partial charge in [0.15, 0.2) is 17.5 Å². The van der Waals surface area contributed by atoms with E-state index < -0.39 is 6.36 Å². The van der Waals surface area contributed by atoms with Gasteiger partial charge in [-0.2, -0.15) is 0 Å². The van der Waals surface area contributed by atoms with Gasteiger partial charge in [0.2, 0.25) is 0 Å². The number of hydrogen-bond donors (Lipinski definition) is 3. The molecule has 0 unspecified atom stereocenters. The lowest BCUT2D eigenvalue weighted by Gasteiger charge is -2.23. The Kier molecular flexibility index (Phi) is 16.1. The van der Waals surface area contributed by atoms with Crippen molar-refractivity contribution in [3.63, 3.8) is 0 Å². The molecule has 0 aliphatic rings. The van der Waals surface area contributed by atoms with E-state index in [-0.39, 0.29) is 11.2 Å². The van der Waals surface area contributed by atoms with Gasteiger partial charge in [-0.05, 0) is 53.3 Å². The van der Waals surface area contributed by atoms with Crippen LogP contribution in [-0.4, -0.2) is 37.0 Å². The molecule has 0 atom stereocenters. The zero-order valence-electron chi connectivity index (χ0n) is 44.4. The Morgan fingerprint density at radius 1 is 0.375 bits per heavy atom. The third kappa shape index (κ3) is 12.9. The second kappa shape index (κ2) is 24.1. The molecular formula is C67H56F3N9O. The fourth-order valence-electron chi connectivity index (χ4n) is 9.30. The molecule has 0 spiro atoms. The van der Waals surface area contributed by atoms with Crippen LogP contribution in [-0.2, 0) is 11.8 Å². The van der Waals surface area contributed by atoms with Crippen LogP contribution in [0.3, 0.4) is 0 Å². The number of alkyl halides is 3. The fourth-order valence-corrected chi connectivity index (χ4v) is 9.30. The third-order valence-corrected chi connectivity index (χ3v) is 13.1. The molecule has 0 bridgehead atoms. The average molecular weight is 1060 g/mol. The summed E-state index contributed by atoms with van der Waals surface area (Å²) in [5.74, 6) is 1.70. The minimum atomic E-state index is -4.75. The van der Waals surface area contributed by atoms with Crippen molar-refractivity contribution < 1.29 is 17.9 Å². The van der Waals surface area contributed by atoms with E-state index >= 15 is 0 Å². The summed E-state index contributed by atoms with van der Waals surface area (Å²) in [5, 5.41) is 42.7. The monoisotopic (exact) mass is 1060 g/mol. The predicted octanol–water partition coefficient (Wildman–Crippen LogP) is 17.9. The van der Waals surface area contributed by atoms with Crippen molar-refractivity contribution in [3.05, 3.63) is 248 Å². The highest BCUT2D eigenvalue weighted by molar-refractivity contribution is 6.03. The van der Waals surface area contributed by atoms with Crippen LogP contribution in [0.5, 0.6) is 5.75 Å². The molecule has 0 saturated carbocycles. The van der Waals surface area contributed by atoms with E-state index in [2.05, 4.69) is 170 Å². The van der Waals surface area contributed by atoms with Crippen LogP contribution >= 0.6 is 0 Å². The van der Waals surface area contributed by atoms with E-state index in [1.807, 2.05) is 121 Å². The smallest absolute Gasteiger partial charge is 0.406 e. The fraction of sp³-hybridized carbons (Fsp3) is 0.104. The average Bonchev–Trinajstić information content (AvgIpc) is 3.50. The number of nitrogens with one attached hydrogen (secondary N) is 3. The Labute approximate surface area is 462 Å². The Balaban J connectivity index is 0.000000135. The minimum Gasteiger partial charge on any atom is -0.406 e. The van der Waals surface area contributed by atoms with E-state index in [1.54, 1.807) is 6.07 Å². The van der Waals surface area contributed by atoms with Crippen molar-refractivity contribution in [2.45, 2.75) is 45.9 Å². The molecule has 3 aromatic heterocycles. The molecule has 9 aromatic carbocycles. The summed E-state index contributed by atoms with van der Waals surface area (Å²) in [4.78, 5) is 0. The molecule has 10 nitrogen and oxygen atoms in total. The summed E-state index contributed by atoms with van der Waals surface area (Å²) in [6.07, 6.45) is -3.74. The number of fused-ring (bicyclic) bond motifs is 3. The van der Waals surface area contributed by atoms with E-state index in [0.29, 0.717) is 11.5 Å². The minimum absolute atomic E-state index is 0.0385. The highest BCUT2D eigenvalue weighted by atomic mass is 19.4. The van der Waals surface area contributed by atoms with Crippen molar-refractivity contribution >= 4 is 66.8 Å².